The minimum absolute atomic E-state index is 0.0151. The van der Waals surface area contributed by atoms with E-state index in [0.717, 1.165) is 6.54 Å². The van der Waals surface area contributed by atoms with Gasteiger partial charge in [0.05, 0.1) is 0 Å². The summed E-state index contributed by atoms with van der Waals surface area (Å²) in [7, 11) is 0. The summed E-state index contributed by atoms with van der Waals surface area (Å²) in [5, 5.41) is 3.00. The predicted octanol–water partition coefficient (Wildman–Crippen LogP) is 2.28. The molecule has 0 radical (unpaired) electrons. The molecular weight excluding hydrogens is 232 g/mol. The van der Waals surface area contributed by atoms with E-state index >= 15 is 0 Å². The Labute approximate surface area is 106 Å². The zero-order valence-electron chi connectivity index (χ0n) is 10.0. The lowest BCUT2D eigenvalue weighted by atomic mass is 10.1. The molecule has 0 spiro atoms. The molecule has 92 valence electrons. The average molecular weight is 250 g/mol. The van der Waals surface area contributed by atoms with E-state index in [2.05, 4.69) is 12.2 Å². The number of nitrogen functional groups attached to an aromatic ring is 1. The van der Waals surface area contributed by atoms with Crippen LogP contribution in [0.2, 0.25) is 0 Å². The van der Waals surface area contributed by atoms with Crippen molar-refractivity contribution in [2.75, 3.05) is 18.0 Å². The third-order valence-corrected chi connectivity index (χ3v) is 4.63. The van der Waals surface area contributed by atoms with Crippen LogP contribution in [-0.4, -0.2) is 23.0 Å². The standard InChI is InChI=1S/C13H18N2OS/c1-13(7-2-8-17-13)9-15-12(16)10-3-5-11(14)6-4-10/h3-6H,2,7-9,14H2,1H3,(H,15,16). The van der Waals surface area contributed by atoms with Crippen molar-refractivity contribution in [2.45, 2.75) is 24.5 Å². The Kier molecular flexibility index (Phi) is 3.62. The van der Waals surface area contributed by atoms with Crippen LogP contribution in [0.15, 0.2) is 24.3 Å². The van der Waals surface area contributed by atoms with E-state index in [1.54, 1.807) is 24.3 Å². The molecule has 17 heavy (non-hydrogen) atoms. The molecule has 4 heteroatoms. The van der Waals surface area contributed by atoms with Gasteiger partial charge in [0.25, 0.3) is 5.91 Å². The third kappa shape index (κ3) is 3.16. The van der Waals surface area contributed by atoms with Crippen LogP contribution in [0.4, 0.5) is 5.69 Å². The summed E-state index contributed by atoms with van der Waals surface area (Å²) in [4.78, 5) is 11.9. The monoisotopic (exact) mass is 250 g/mol. The summed E-state index contributed by atoms with van der Waals surface area (Å²) in [6.45, 7) is 2.95. The van der Waals surface area contributed by atoms with E-state index in [4.69, 9.17) is 5.73 Å². The van der Waals surface area contributed by atoms with Crippen LogP contribution in [0.5, 0.6) is 0 Å². The van der Waals surface area contributed by atoms with Crippen molar-refractivity contribution in [3.8, 4) is 0 Å². The van der Waals surface area contributed by atoms with Crippen LogP contribution >= 0.6 is 11.8 Å². The van der Waals surface area contributed by atoms with E-state index in [0.29, 0.717) is 11.3 Å². The van der Waals surface area contributed by atoms with Gasteiger partial charge in [0.2, 0.25) is 0 Å². The lowest BCUT2D eigenvalue weighted by Crippen LogP contribution is -2.36. The summed E-state index contributed by atoms with van der Waals surface area (Å²) in [6, 6.07) is 7.02. The van der Waals surface area contributed by atoms with Gasteiger partial charge < -0.3 is 11.1 Å². The Balaban J connectivity index is 1.91. The largest absolute Gasteiger partial charge is 0.399 e. The first-order valence-corrected chi connectivity index (χ1v) is 6.85. The number of carbonyl (C=O) groups excluding carboxylic acids is 1. The molecule has 1 fully saturated rings. The van der Waals surface area contributed by atoms with Crippen molar-refractivity contribution >= 4 is 23.4 Å². The van der Waals surface area contributed by atoms with Crippen molar-refractivity contribution in [1.82, 2.24) is 5.32 Å². The van der Waals surface area contributed by atoms with Gasteiger partial charge in [0.15, 0.2) is 0 Å². The second-order valence-electron chi connectivity index (χ2n) is 4.71. The lowest BCUT2D eigenvalue weighted by Gasteiger charge is -2.22. The van der Waals surface area contributed by atoms with Crippen LogP contribution < -0.4 is 11.1 Å². The number of amides is 1. The van der Waals surface area contributed by atoms with E-state index in [1.807, 2.05) is 11.8 Å². The molecule has 3 nitrogen and oxygen atoms in total. The van der Waals surface area contributed by atoms with Gasteiger partial charge in [-0.05, 0) is 49.8 Å². The van der Waals surface area contributed by atoms with Crippen LogP contribution in [0.25, 0.3) is 0 Å². The molecule has 0 saturated carbocycles. The molecule has 1 aromatic rings. The van der Waals surface area contributed by atoms with Gasteiger partial charge in [0.1, 0.15) is 0 Å². The van der Waals surface area contributed by atoms with Crippen molar-refractivity contribution in [1.29, 1.82) is 0 Å². The van der Waals surface area contributed by atoms with Crippen LogP contribution in [0.3, 0.4) is 0 Å². The topological polar surface area (TPSA) is 55.1 Å². The molecule has 0 aliphatic carbocycles. The summed E-state index contributed by atoms with van der Waals surface area (Å²) in [5.74, 6) is 1.19. The summed E-state index contributed by atoms with van der Waals surface area (Å²) >= 11 is 1.95. The molecule has 1 atom stereocenters. The Bertz CT molecular complexity index is 396. The zero-order valence-corrected chi connectivity index (χ0v) is 10.8. The highest BCUT2D eigenvalue weighted by Gasteiger charge is 2.29. The lowest BCUT2D eigenvalue weighted by molar-refractivity contribution is 0.0950. The highest BCUT2D eigenvalue weighted by atomic mass is 32.2. The number of nitrogens with two attached hydrogens (primary N) is 1. The number of carbonyl (C=O) groups is 1. The smallest absolute Gasteiger partial charge is 0.251 e. The fraction of sp³-hybridized carbons (Fsp3) is 0.462. The summed E-state index contributed by atoms with van der Waals surface area (Å²) < 4.78 is 0.212. The Morgan fingerprint density at radius 2 is 2.18 bits per heavy atom. The first-order valence-electron chi connectivity index (χ1n) is 5.87. The second kappa shape index (κ2) is 5.00. The molecule has 0 aromatic heterocycles. The van der Waals surface area contributed by atoms with Crippen molar-refractivity contribution in [3.05, 3.63) is 29.8 Å². The van der Waals surface area contributed by atoms with Crippen LogP contribution in [0, 0.1) is 0 Å². The predicted molar refractivity (Wildman–Crippen MR) is 73.3 cm³/mol. The van der Waals surface area contributed by atoms with Gasteiger partial charge in [-0.3, -0.25) is 4.79 Å². The maximum absolute atomic E-state index is 11.9. The molecule has 3 N–H and O–H groups in total. The van der Waals surface area contributed by atoms with Gasteiger partial charge in [-0.25, -0.2) is 0 Å². The van der Waals surface area contributed by atoms with Gasteiger partial charge >= 0.3 is 0 Å². The highest BCUT2D eigenvalue weighted by molar-refractivity contribution is 8.00. The van der Waals surface area contributed by atoms with Crippen molar-refractivity contribution in [3.63, 3.8) is 0 Å². The molecule has 1 saturated heterocycles. The number of benzene rings is 1. The maximum atomic E-state index is 11.9. The van der Waals surface area contributed by atoms with Crippen LogP contribution in [-0.2, 0) is 0 Å². The maximum Gasteiger partial charge on any atom is 0.251 e. The first kappa shape index (κ1) is 12.3. The van der Waals surface area contributed by atoms with Gasteiger partial charge in [0, 0.05) is 22.5 Å². The number of hydrogen-bond donors (Lipinski definition) is 2. The molecule has 1 aromatic carbocycles. The number of rotatable bonds is 3. The van der Waals surface area contributed by atoms with E-state index in [9.17, 15) is 4.79 Å². The molecule has 0 bridgehead atoms. The molecular formula is C13H18N2OS. The molecule has 1 heterocycles. The van der Waals surface area contributed by atoms with E-state index in [1.165, 1.54) is 18.6 Å². The minimum Gasteiger partial charge on any atom is -0.399 e. The third-order valence-electron chi connectivity index (χ3n) is 3.10. The SMILES string of the molecule is CC1(CNC(=O)c2ccc(N)cc2)CCCS1. The van der Waals surface area contributed by atoms with Crippen molar-refractivity contribution < 1.29 is 4.79 Å². The Morgan fingerprint density at radius 3 is 2.76 bits per heavy atom. The fourth-order valence-corrected chi connectivity index (χ4v) is 3.22. The number of thioether (sulfide) groups is 1. The normalized spacial score (nSPS) is 23.6. The van der Waals surface area contributed by atoms with Crippen molar-refractivity contribution in [2.24, 2.45) is 0 Å². The average Bonchev–Trinajstić information content (AvgIpc) is 2.75. The van der Waals surface area contributed by atoms with Gasteiger partial charge in [-0.2, -0.15) is 11.8 Å². The number of nitrogens with one attached hydrogen (secondary N) is 1. The quantitative estimate of drug-likeness (QED) is 0.809. The fourth-order valence-electron chi connectivity index (χ4n) is 1.98. The molecule has 1 amide bonds. The molecule has 1 aliphatic heterocycles. The zero-order chi connectivity index (χ0) is 12.3. The second-order valence-corrected chi connectivity index (χ2v) is 6.39. The number of anilines is 1. The molecule has 2 rings (SSSR count). The van der Waals surface area contributed by atoms with Gasteiger partial charge in [-0.15, -0.1) is 0 Å². The van der Waals surface area contributed by atoms with E-state index < -0.39 is 0 Å². The molecule has 1 unspecified atom stereocenters. The number of hydrogen-bond acceptors (Lipinski definition) is 3. The summed E-state index contributed by atoms with van der Waals surface area (Å²) in [6.07, 6.45) is 2.43. The first-order chi connectivity index (χ1) is 8.09. The Hall–Kier alpha value is -1.16. The molecule has 1 aliphatic rings. The van der Waals surface area contributed by atoms with Crippen LogP contribution in [0.1, 0.15) is 30.1 Å². The minimum atomic E-state index is -0.0151. The van der Waals surface area contributed by atoms with E-state index in [-0.39, 0.29) is 10.7 Å². The highest BCUT2D eigenvalue weighted by Crippen LogP contribution is 2.36. The summed E-state index contributed by atoms with van der Waals surface area (Å²) in [5.41, 5.74) is 6.94. The Morgan fingerprint density at radius 1 is 1.47 bits per heavy atom. The van der Waals surface area contributed by atoms with Gasteiger partial charge in [-0.1, -0.05) is 0 Å².